The number of nitrogens with zero attached hydrogens (tertiary/aromatic N) is 2. The third-order valence-corrected chi connectivity index (χ3v) is 3.27. The quantitative estimate of drug-likeness (QED) is 0.858. The van der Waals surface area contributed by atoms with E-state index < -0.39 is 5.82 Å². The Hall–Kier alpha value is -2.09. The zero-order valence-corrected chi connectivity index (χ0v) is 9.90. The molecular formula is C13H14FN3O. The lowest BCUT2D eigenvalue weighted by atomic mass is 9.96. The maximum absolute atomic E-state index is 13.5. The SMILES string of the molecule is N#Cc1c(F)cccc1N1CCC[C@H](C(N)=O)C1. The molecule has 1 saturated heterocycles. The second-order valence-corrected chi connectivity index (χ2v) is 4.43. The first-order valence-electron chi connectivity index (χ1n) is 5.86. The Kier molecular flexibility index (Phi) is 3.47. The molecule has 94 valence electrons. The molecule has 5 heteroatoms. The largest absolute Gasteiger partial charge is 0.370 e. The fourth-order valence-corrected chi connectivity index (χ4v) is 2.32. The first-order valence-corrected chi connectivity index (χ1v) is 5.86. The van der Waals surface area contributed by atoms with Gasteiger partial charge in [-0.25, -0.2) is 4.39 Å². The number of carbonyl (C=O) groups excluding carboxylic acids is 1. The van der Waals surface area contributed by atoms with E-state index in [0.717, 1.165) is 12.8 Å². The van der Waals surface area contributed by atoms with Crippen LogP contribution in [0.1, 0.15) is 18.4 Å². The molecule has 2 N–H and O–H groups in total. The maximum Gasteiger partial charge on any atom is 0.222 e. The first kappa shape index (κ1) is 12.4. The Labute approximate surface area is 105 Å². The third-order valence-electron chi connectivity index (χ3n) is 3.27. The fourth-order valence-electron chi connectivity index (χ4n) is 2.32. The number of anilines is 1. The lowest BCUT2D eigenvalue weighted by Crippen LogP contribution is -2.41. The molecule has 1 aliphatic rings. The van der Waals surface area contributed by atoms with Crippen molar-refractivity contribution in [3.8, 4) is 6.07 Å². The Bertz CT molecular complexity index is 509. The van der Waals surface area contributed by atoms with E-state index in [9.17, 15) is 9.18 Å². The topological polar surface area (TPSA) is 70.1 Å². The van der Waals surface area contributed by atoms with Crippen LogP contribution in [0.25, 0.3) is 0 Å². The summed E-state index contributed by atoms with van der Waals surface area (Å²) in [6.45, 7) is 1.16. The predicted molar refractivity (Wildman–Crippen MR) is 65.2 cm³/mol. The summed E-state index contributed by atoms with van der Waals surface area (Å²) in [5, 5.41) is 9.00. The first-order chi connectivity index (χ1) is 8.63. The molecule has 4 nitrogen and oxygen atoms in total. The number of rotatable bonds is 2. The zero-order valence-electron chi connectivity index (χ0n) is 9.90. The number of halogens is 1. The highest BCUT2D eigenvalue weighted by molar-refractivity contribution is 5.78. The minimum absolute atomic E-state index is 0.0302. The average molecular weight is 247 g/mol. The third kappa shape index (κ3) is 2.28. The predicted octanol–water partition coefficient (Wildman–Crippen LogP) is 1.40. The van der Waals surface area contributed by atoms with E-state index in [1.165, 1.54) is 6.07 Å². The standard InChI is InChI=1S/C13H14FN3O/c14-11-4-1-5-12(10(11)7-15)17-6-2-3-9(8-17)13(16)18/h1,4-5,9H,2-3,6,8H2,(H2,16,18)/t9-/m0/s1. The number of benzene rings is 1. The van der Waals surface area contributed by atoms with E-state index in [2.05, 4.69) is 0 Å². The molecule has 1 amide bonds. The number of nitriles is 1. The number of carbonyl (C=O) groups is 1. The van der Waals surface area contributed by atoms with Gasteiger partial charge in [-0.2, -0.15) is 5.26 Å². The molecule has 0 aliphatic carbocycles. The molecule has 1 heterocycles. The van der Waals surface area contributed by atoms with Gasteiger partial charge < -0.3 is 10.6 Å². The molecule has 1 atom stereocenters. The van der Waals surface area contributed by atoms with Gasteiger partial charge in [0.25, 0.3) is 0 Å². The van der Waals surface area contributed by atoms with Gasteiger partial charge >= 0.3 is 0 Å². The number of nitrogens with two attached hydrogens (primary N) is 1. The smallest absolute Gasteiger partial charge is 0.222 e. The van der Waals surface area contributed by atoms with Gasteiger partial charge in [0.15, 0.2) is 0 Å². The van der Waals surface area contributed by atoms with Gasteiger partial charge in [0.2, 0.25) is 5.91 Å². The van der Waals surface area contributed by atoms with Crippen molar-refractivity contribution in [2.75, 3.05) is 18.0 Å². The van der Waals surface area contributed by atoms with Crippen LogP contribution in [-0.4, -0.2) is 19.0 Å². The minimum Gasteiger partial charge on any atom is -0.370 e. The zero-order chi connectivity index (χ0) is 13.1. The van der Waals surface area contributed by atoms with E-state index in [1.54, 1.807) is 12.1 Å². The summed E-state index contributed by atoms with van der Waals surface area (Å²) in [7, 11) is 0. The Balaban J connectivity index is 2.29. The lowest BCUT2D eigenvalue weighted by Gasteiger charge is -2.33. The van der Waals surface area contributed by atoms with E-state index in [1.807, 2.05) is 11.0 Å². The molecule has 0 aromatic heterocycles. The van der Waals surface area contributed by atoms with Gasteiger partial charge in [0.1, 0.15) is 17.4 Å². The van der Waals surface area contributed by atoms with Crippen LogP contribution in [-0.2, 0) is 4.79 Å². The molecule has 1 fully saturated rings. The van der Waals surface area contributed by atoms with Crippen molar-refractivity contribution in [1.82, 2.24) is 0 Å². The molecule has 1 aromatic rings. The summed E-state index contributed by atoms with van der Waals surface area (Å²) < 4.78 is 13.5. The van der Waals surface area contributed by atoms with Crippen molar-refractivity contribution in [3.63, 3.8) is 0 Å². The van der Waals surface area contributed by atoms with Crippen molar-refractivity contribution in [2.45, 2.75) is 12.8 Å². The average Bonchev–Trinajstić information content (AvgIpc) is 2.38. The van der Waals surface area contributed by atoms with Crippen LogP contribution in [0, 0.1) is 23.1 Å². The van der Waals surface area contributed by atoms with Gasteiger partial charge in [-0.05, 0) is 25.0 Å². The van der Waals surface area contributed by atoms with Crippen molar-refractivity contribution in [1.29, 1.82) is 5.26 Å². The Morgan fingerprint density at radius 1 is 1.56 bits per heavy atom. The number of hydrogen-bond acceptors (Lipinski definition) is 3. The number of hydrogen-bond donors (Lipinski definition) is 1. The molecular weight excluding hydrogens is 233 g/mol. The summed E-state index contributed by atoms with van der Waals surface area (Å²) in [4.78, 5) is 13.1. The highest BCUT2D eigenvalue weighted by Gasteiger charge is 2.26. The van der Waals surface area contributed by atoms with E-state index >= 15 is 0 Å². The summed E-state index contributed by atoms with van der Waals surface area (Å²) in [5.41, 5.74) is 5.88. The summed E-state index contributed by atoms with van der Waals surface area (Å²) in [5.74, 6) is -1.10. The molecule has 18 heavy (non-hydrogen) atoms. The van der Waals surface area contributed by atoms with Gasteiger partial charge in [0, 0.05) is 13.1 Å². The number of amides is 1. The Morgan fingerprint density at radius 2 is 2.33 bits per heavy atom. The van der Waals surface area contributed by atoms with Crippen LogP contribution in [0.2, 0.25) is 0 Å². The van der Waals surface area contributed by atoms with Crippen LogP contribution in [0.15, 0.2) is 18.2 Å². The Morgan fingerprint density at radius 3 is 3.00 bits per heavy atom. The van der Waals surface area contributed by atoms with Crippen molar-refractivity contribution in [2.24, 2.45) is 11.7 Å². The van der Waals surface area contributed by atoms with Crippen LogP contribution in [0.5, 0.6) is 0 Å². The molecule has 0 unspecified atom stereocenters. The van der Waals surface area contributed by atoms with Crippen LogP contribution in [0.3, 0.4) is 0 Å². The number of primary amides is 1. The molecule has 0 spiro atoms. The van der Waals surface area contributed by atoms with Crippen LogP contribution >= 0.6 is 0 Å². The normalized spacial score (nSPS) is 19.3. The highest BCUT2D eigenvalue weighted by Crippen LogP contribution is 2.27. The van der Waals surface area contributed by atoms with Crippen molar-refractivity contribution >= 4 is 11.6 Å². The molecule has 1 aromatic carbocycles. The summed E-state index contributed by atoms with van der Waals surface area (Å²) >= 11 is 0. The maximum atomic E-state index is 13.5. The molecule has 2 rings (SSSR count). The van der Waals surface area contributed by atoms with Crippen molar-refractivity contribution in [3.05, 3.63) is 29.6 Å². The lowest BCUT2D eigenvalue weighted by molar-refractivity contribution is -0.122. The molecule has 0 radical (unpaired) electrons. The van der Waals surface area contributed by atoms with E-state index in [-0.39, 0.29) is 17.4 Å². The van der Waals surface area contributed by atoms with Crippen LogP contribution in [0.4, 0.5) is 10.1 Å². The molecule has 1 aliphatic heterocycles. The minimum atomic E-state index is -0.531. The van der Waals surface area contributed by atoms with E-state index in [4.69, 9.17) is 11.0 Å². The summed E-state index contributed by atoms with van der Waals surface area (Å²) in [6, 6.07) is 6.40. The van der Waals surface area contributed by atoms with Gasteiger partial charge in [-0.1, -0.05) is 6.07 Å². The number of piperidine rings is 1. The van der Waals surface area contributed by atoms with Gasteiger partial charge in [-0.3, -0.25) is 4.79 Å². The molecule has 0 saturated carbocycles. The van der Waals surface area contributed by atoms with E-state index in [0.29, 0.717) is 18.8 Å². The van der Waals surface area contributed by atoms with Crippen LogP contribution < -0.4 is 10.6 Å². The van der Waals surface area contributed by atoms with Gasteiger partial charge in [0.05, 0.1) is 11.6 Å². The monoisotopic (exact) mass is 247 g/mol. The molecule has 0 bridgehead atoms. The van der Waals surface area contributed by atoms with Crippen molar-refractivity contribution < 1.29 is 9.18 Å². The second-order valence-electron chi connectivity index (χ2n) is 4.43. The fraction of sp³-hybridized carbons (Fsp3) is 0.385. The second kappa shape index (κ2) is 5.05. The summed E-state index contributed by atoms with van der Waals surface area (Å²) in [6.07, 6.45) is 1.57. The highest BCUT2D eigenvalue weighted by atomic mass is 19.1. The van der Waals surface area contributed by atoms with Gasteiger partial charge in [-0.15, -0.1) is 0 Å².